The van der Waals surface area contributed by atoms with Crippen LogP contribution < -0.4 is 10.6 Å². The van der Waals surface area contributed by atoms with Gasteiger partial charge in [-0.25, -0.2) is 0 Å². The van der Waals surface area contributed by atoms with Crippen LogP contribution in [0.25, 0.3) is 0 Å². The third kappa shape index (κ3) is 3.26. The summed E-state index contributed by atoms with van der Waals surface area (Å²) in [5.74, 6) is 0.0190. The molecule has 1 aliphatic carbocycles. The van der Waals surface area contributed by atoms with E-state index in [2.05, 4.69) is 10.6 Å². The van der Waals surface area contributed by atoms with Crippen LogP contribution in [0.2, 0.25) is 0 Å². The van der Waals surface area contributed by atoms with Crippen molar-refractivity contribution in [2.24, 2.45) is 0 Å². The van der Waals surface area contributed by atoms with Crippen LogP contribution in [0.4, 0.5) is 5.69 Å². The second kappa shape index (κ2) is 6.24. The van der Waals surface area contributed by atoms with Crippen LogP contribution in [0.1, 0.15) is 24.0 Å². The number of benzene rings is 2. The highest BCUT2D eigenvalue weighted by Crippen LogP contribution is 2.48. The zero-order chi connectivity index (χ0) is 16.3. The second-order valence-corrected chi connectivity index (χ2v) is 5.95. The van der Waals surface area contributed by atoms with Gasteiger partial charge in [-0.15, -0.1) is 0 Å². The van der Waals surface area contributed by atoms with E-state index in [4.69, 9.17) is 0 Å². The van der Waals surface area contributed by atoms with Crippen LogP contribution in [0.5, 0.6) is 0 Å². The molecule has 2 aromatic rings. The number of carbonyl (C=O) groups excluding carboxylic acids is 2. The summed E-state index contributed by atoms with van der Waals surface area (Å²) in [6.07, 6.45) is 2.12. The number of hydrogen-bond donors (Lipinski definition) is 2. The zero-order valence-electron chi connectivity index (χ0n) is 13.1. The fraction of sp³-hybridized carbons (Fsp3) is 0.263. The number of likely N-dealkylation sites (N-methyl/N-ethyl adjacent to an activating group) is 1. The predicted molar refractivity (Wildman–Crippen MR) is 90.2 cm³/mol. The summed E-state index contributed by atoms with van der Waals surface area (Å²) in [5.41, 5.74) is 2.39. The average molecular weight is 308 g/mol. The minimum Gasteiger partial charge on any atom is -0.359 e. The third-order valence-corrected chi connectivity index (χ3v) is 4.37. The second-order valence-electron chi connectivity index (χ2n) is 5.95. The molecule has 0 unspecified atom stereocenters. The van der Waals surface area contributed by atoms with Gasteiger partial charge in [0.15, 0.2) is 0 Å². The Morgan fingerprint density at radius 2 is 1.65 bits per heavy atom. The third-order valence-electron chi connectivity index (χ3n) is 4.37. The number of nitrogens with one attached hydrogen (secondary N) is 2. The van der Waals surface area contributed by atoms with Crippen molar-refractivity contribution in [1.29, 1.82) is 0 Å². The van der Waals surface area contributed by atoms with Crippen LogP contribution in [0.15, 0.2) is 54.6 Å². The van der Waals surface area contributed by atoms with Gasteiger partial charge >= 0.3 is 0 Å². The molecular formula is C19H20N2O2. The summed E-state index contributed by atoms with van der Waals surface area (Å²) >= 11 is 0. The van der Waals surface area contributed by atoms with Gasteiger partial charge in [-0.1, -0.05) is 42.5 Å². The summed E-state index contributed by atoms with van der Waals surface area (Å²) in [7, 11) is 1.62. The quantitative estimate of drug-likeness (QED) is 0.892. The molecule has 1 fully saturated rings. The average Bonchev–Trinajstić information content (AvgIpc) is 3.39. The lowest BCUT2D eigenvalue weighted by atomic mass is 9.95. The molecule has 2 N–H and O–H groups in total. The van der Waals surface area contributed by atoms with Crippen molar-refractivity contribution in [3.05, 3.63) is 65.7 Å². The minimum absolute atomic E-state index is 0.0252. The van der Waals surface area contributed by atoms with E-state index in [1.807, 2.05) is 54.6 Å². The SMILES string of the molecule is CNC(=O)Cc1ccc(NC(=O)C2(c3ccccc3)CC2)cc1. The Bertz CT molecular complexity index is 704. The molecule has 118 valence electrons. The van der Waals surface area contributed by atoms with Gasteiger partial charge in [-0.05, 0) is 36.1 Å². The van der Waals surface area contributed by atoms with Crippen molar-refractivity contribution in [2.45, 2.75) is 24.7 Å². The maximum Gasteiger partial charge on any atom is 0.235 e. The van der Waals surface area contributed by atoms with Gasteiger partial charge in [0.25, 0.3) is 0 Å². The maximum atomic E-state index is 12.6. The number of rotatable bonds is 5. The molecule has 0 heterocycles. The van der Waals surface area contributed by atoms with E-state index in [0.717, 1.165) is 29.7 Å². The lowest BCUT2D eigenvalue weighted by molar-refractivity contribution is -0.120. The topological polar surface area (TPSA) is 58.2 Å². The Kier molecular flexibility index (Phi) is 4.15. The Labute approximate surface area is 135 Å². The lowest BCUT2D eigenvalue weighted by Crippen LogP contribution is -2.27. The van der Waals surface area contributed by atoms with Crippen molar-refractivity contribution < 1.29 is 9.59 Å². The van der Waals surface area contributed by atoms with Gasteiger partial charge in [0, 0.05) is 12.7 Å². The first-order valence-corrected chi connectivity index (χ1v) is 7.80. The molecule has 4 nitrogen and oxygen atoms in total. The summed E-state index contributed by atoms with van der Waals surface area (Å²) in [5, 5.41) is 5.60. The smallest absolute Gasteiger partial charge is 0.235 e. The number of anilines is 1. The normalized spacial score (nSPS) is 14.8. The monoisotopic (exact) mass is 308 g/mol. The minimum atomic E-state index is -0.373. The van der Waals surface area contributed by atoms with Crippen molar-refractivity contribution in [3.63, 3.8) is 0 Å². The largest absolute Gasteiger partial charge is 0.359 e. The van der Waals surface area contributed by atoms with Gasteiger partial charge in [-0.3, -0.25) is 9.59 Å². The van der Waals surface area contributed by atoms with Crippen LogP contribution in [-0.2, 0) is 21.4 Å². The van der Waals surface area contributed by atoms with Gasteiger partial charge in [0.1, 0.15) is 0 Å². The van der Waals surface area contributed by atoms with Crippen molar-refractivity contribution in [3.8, 4) is 0 Å². The van der Waals surface area contributed by atoms with Crippen LogP contribution >= 0.6 is 0 Å². The van der Waals surface area contributed by atoms with Gasteiger partial charge < -0.3 is 10.6 Å². The van der Waals surface area contributed by atoms with E-state index in [9.17, 15) is 9.59 Å². The Hall–Kier alpha value is -2.62. The summed E-state index contributed by atoms with van der Waals surface area (Å²) < 4.78 is 0. The Balaban J connectivity index is 1.68. The van der Waals surface area contributed by atoms with Gasteiger partial charge in [-0.2, -0.15) is 0 Å². The van der Waals surface area contributed by atoms with Gasteiger partial charge in [0.05, 0.1) is 11.8 Å². The van der Waals surface area contributed by atoms with Crippen molar-refractivity contribution >= 4 is 17.5 Å². The maximum absolute atomic E-state index is 12.6. The summed E-state index contributed by atoms with van der Waals surface area (Å²) in [4.78, 5) is 24.0. The fourth-order valence-electron chi connectivity index (χ4n) is 2.76. The molecule has 0 saturated heterocycles. The molecule has 0 aliphatic heterocycles. The predicted octanol–water partition coefficient (Wildman–Crippen LogP) is 2.65. The van der Waals surface area contributed by atoms with E-state index in [1.54, 1.807) is 7.05 Å². The molecule has 3 rings (SSSR count). The lowest BCUT2D eigenvalue weighted by Gasteiger charge is -2.16. The number of carbonyl (C=O) groups is 2. The van der Waals surface area contributed by atoms with E-state index in [-0.39, 0.29) is 17.2 Å². The molecule has 2 aromatic carbocycles. The highest BCUT2D eigenvalue weighted by atomic mass is 16.2. The Morgan fingerprint density at radius 1 is 1.00 bits per heavy atom. The molecule has 2 amide bonds. The molecule has 4 heteroatoms. The molecule has 0 spiro atoms. The first-order valence-electron chi connectivity index (χ1n) is 7.80. The molecule has 0 aromatic heterocycles. The van der Waals surface area contributed by atoms with Crippen LogP contribution in [0.3, 0.4) is 0 Å². The number of hydrogen-bond acceptors (Lipinski definition) is 2. The fourth-order valence-corrected chi connectivity index (χ4v) is 2.76. The molecule has 23 heavy (non-hydrogen) atoms. The van der Waals surface area contributed by atoms with Crippen molar-refractivity contribution in [1.82, 2.24) is 5.32 Å². The zero-order valence-corrected chi connectivity index (χ0v) is 13.1. The van der Waals surface area contributed by atoms with Crippen LogP contribution in [0, 0.1) is 0 Å². The summed E-state index contributed by atoms with van der Waals surface area (Å²) in [6.45, 7) is 0. The molecular weight excluding hydrogens is 288 g/mol. The highest BCUT2D eigenvalue weighted by Gasteiger charge is 2.51. The van der Waals surface area contributed by atoms with E-state index in [0.29, 0.717) is 6.42 Å². The van der Waals surface area contributed by atoms with E-state index < -0.39 is 0 Å². The number of amides is 2. The standard InChI is InChI=1S/C19H20N2O2/c1-20-17(22)13-14-7-9-16(10-8-14)21-18(23)19(11-12-19)15-5-3-2-4-6-15/h2-10H,11-13H2,1H3,(H,20,22)(H,21,23). The first kappa shape index (κ1) is 15.3. The molecule has 1 saturated carbocycles. The Morgan fingerprint density at radius 3 is 2.22 bits per heavy atom. The molecule has 0 atom stereocenters. The van der Waals surface area contributed by atoms with E-state index in [1.165, 1.54) is 0 Å². The van der Waals surface area contributed by atoms with Gasteiger partial charge in [0.2, 0.25) is 11.8 Å². The highest BCUT2D eigenvalue weighted by molar-refractivity contribution is 6.01. The molecule has 0 radical (unpaired) electrons. The van der Waals surface area contributed by atoms with Crippen molar-refractivity contribution in [2.75, 3.05) is 12.4 Å². The van der Waals surface area contributed by atoms with Crippen LogP contribution in [-0.4, -0.2) is 18.9 Å². The van der Waals surface area contributed by atoms with E-state index >= 15 is 0 Å². The first-order chi connectivity index (χ1) is 11.1. The summed E-state index contributed by atoms with van der Waals surface area (Å²) in [6, 6.07) is 17.3. The molecule has 1 aliphatic rings. The molecule has 0 bridgehead atoms.